The van der Waals surface area contributed by atoms with E-state index >= 15 is 0 Å². The summed E-state index contributed by atoms with van der Waals surface area (Å²) in [6.45, 7) is 3.97. The molecule has 2 saturated heterocycles. The predicted molar refractivity (Wildman–Crippen MR) is 127 cm³/mol. The highest BCUT2D eigenvalue weighted by Crippen LogP contribution is 2.38. The summed E-state index contributed by atoms with van der Waals surface area (Å²) in [6, 6.07) is 13.1. The van der Waals surface area contributed by atoms with E-state index in [9.17, 15) is 13.2 Å². The van der Waals surface area contributed by atoms with Gasteiger partial charge in [-0.2, -0.15) is 4.31 Å². The third kappa shape index (κ3) is 4.76. The van der Waals surface area contributed by atoms with E-state index in [1.165, 1.54) is 9.87 Å². The predicted octanol–water partition coefficient (Wildman–Crippen LogP) is 2.20. The van der Waals surface area contributed by atoms with Gasteiger partial charge in [-0.15, -0.1) is 11.8 Å². The third-order valence-electron chi connectivity index (χ3n) is 6.13. The topological polar surface area (TPSA) is 88.2 Å². The molecule has 0 aliphatic carbocycles. The highest BCUT2D eigenvalue weighted by Gasteiger charge is 2.31. The molecule has 0 bridgehead atoms. The molecule has 1 atom stereocenters. The molecular weight excluding hydrogens is 462 g/mol. The number of ether oxygens (including phenoxy) is 2. The zero-order valence-corrected chi connectivity index (χ0v) is 19.9. The second-order valence-electron chi connectivity index (χ2n) is 8.20. The quantitative estimate of drug-likeness (QED) is 0.689. The van der Waals surface area contributed by atoms with Crippen molar-refractivity contribution < 1.29 is 22.7 Å². The fourth-order valence-electron chi connectivity index (χ4n) is 4.33. The molecule has 2 aromatic rings. The smallest absolute Gasteiger partial charge is 0.243 e. The molecule has 0 unspecified atom stereocenters. The number of anilines is 2. The lowest BCUT2D eigenvalue weighted by Crippen LogP contribution is -2.40. The molecule has 5 rings (SSSR count). The maximum atomic E-state index is 13.2. The number of amides is 1. The molecule has 0 spiro atoms. The van der Waals surface area contributed by atoms with Crippen LogP contribution in [-0.4, -0.2) is 76.5 Å². The maximum absolute atomic E-state index is 13.2. The van der Waals surface area contributed by atoms with E-state index in [2.05, 4.69) is 10.2 Å². The summed E-state index contributed by atoms with van der Waals surface area (Å²) in [5.41, 5.74) is 2.50. The van der Waals surface area contributed by atoms with Gasteiger partial charge in [-0.25, -0.2) is 8.42 Å². The molecule has 2 fully saturated rings. The van der Waals surface area contributed by atoms with E-state index in [0.29, 0.717) is 64.7 Å². The van der Waals surface area contributed by atoms with Crippen LogP contribution in [0.1, 0.15) is 5.56 Å². The first-order valence-electron chi connectivity index (χ1n) is 11.1. The number of fused-ring (bicyclic) bond motifs is 1. The first-order chi connectivity index (χ1) is 16.0. The minimum atomic E-state index is -3.68. The van der Waals surface area contributed by atoms with Gasteiger partial charge in [-0.1, -0.05) is 18.2 Å². The Bertz CT molecular complexity index is 1100. The van der Waals surface area contributed by atoms with Crippen molar-refractivity contribution in [3.63, 3.8) is 0 Å². The highest BCUT2D eigenvalue weighted by molar-refractivity contribution is 8.01. The highest BCUT2D eigenvalue weighted by atomic mass is 32.2. The van der Waals surface area contributed by atoms with Gasteiger partial charge in [0.1, 0.15) is 0 Å². The van der Waals surface area contributed by atoms with Gasteiger partial charge in [-0.05, 0) is 36.2 Å². The zero-order chi connectivity index (χ0) is 22.8. The van der Waals surface area contributed by atoms with Crippen molar-refractivity contribution in [1.29, 1.82) is 0 Å². The molecule has 8 nitrogen and oxygen atoms in total. The summed E-state index contributed by atoms with van der Waals surface area (Å²) in [5, 5.41) is 2.80. The molecule has 1 amide bonds. The van der Waals surface area contributed by atoms with E-state index < -0.39 is 10.0 Å². The molecule has 176 valence electrons. The van der Waals surface area contributed by atoms with Gasteiger partial charge in [0.2, 0.25) is 15.9 Å². The van der Waals surface area contributed by atoms with Crippen LogP contribution in [-0.2, 0) is 30.7 Å². The van der Waals surface area contributed by atoms with Crippen molar-refractivity contribution in [2.24, 2.45) is 0 Å². The lowest BCUT2D eigenvalue weighted by molar-refractivity contribution is -0.115. The molecule has 0 radical (unpaired) electrons. The van der Waals surface area contributed by atoms with Crippen molar-refractivity contribution in [3.8, 4) is 0 Å². The lowest BCUT2D eigenvalue weighted by atomic mass is 10.1. The van der Waals surface area contributed by atoms with Crippen molar-refractivity contribution in [2.75, 3.05) is 62.8 Å². The first-order valence-corrected chi connectivity index (χ1v) is 13.4. The third-order valence-corrected chi connectivity index (χ3v) is 9.34. The van der Waals surface area contributed by atoms with E-state index in [1.54, 1.807) is 30.0 Å². The van der Waals surface area contributed by atoms with Crippen LogP contribution < -0.4 is 10.2 Å². The summed E-state index contributed by atoms with van der Waals surface area (Å²) in [6.07, 6.45) is 0.658. The van der Waals surface area contributed by atoms with E-state index in [-0.39, 0.29) is 16.1 Å². The molecule has 2 aromatic carbocycles. The number of carbonyl (C=O) groups excluding carboxylic acids is 1. The average Bonchev–Trinajstić information content (AvgIpc) is 3.30. The van der Waals surface area contributed by atoms with Crippen molar-refractivity contribution in [1.82, 2.24) is 4.31 Å². The molecule has 0 saturated carbocycles. The Kier molecular flexibility index (Phi) is 6.62. The van der Waals surface area contributed by atoms with Crippen LogP contribution in [0, 0.1) is 0 Å². The second-order valence-corrected chi connectivity index (χ2v) is 11.4. The number of nitrogens with zero attached hydrogens (tertiary/aromatic N) is 2. The van der Waals surface area contributed by atoms with Crippen LogP contribution in [0.4, 0.5) is 11.4 Å². The minimum absolute atomic E-state index is 0.119. The standard InChI is InChI=1S/C23H27N3O5S2/c27-23(22-15-17-3-1-2-4-21(17)32-22)24-19-16-18(33(28,29)26-9-13-31-14-10-26)5-6-20(19)25-7-11-30-12-8-25/h1-6,16,22H,7-15H2,(H,24,27)/t22-/m1/s1. The van der Waals surface area contributed by atoms with Crippen molar-refractivity contribution in [2.45, 2.75) is 21.5 Å². The Hall–Kier alpha value is -2.11. The zero-order valence-electron chi connectivity index (χ0n) is 18.2. The summed E-state index contributed by atoms with van der Waals surface area (Å²) in [7, 11) is -3.68. The average molecular weight is 490 g/mol. The second kappa shape index (κ2) is 9.63. The van der Waals surface area contributed by atoms with E-state index in [4.69, 9.17) is 9.47 Å². The number of sulfonamides is 1. The minimum Gasteiger partial charge on any atom is -0.379 e. The fourth-order valence-corrected chi connectivity index (χ4v) is 6.96. The number of hydrogen-bond donors (Lipinski definition) is 1. The van der Waals surface area contributed by atoms with Gasteiger partial charge in [0.15, 0.2) is 0 Å². The van der Waals surface area contributed by atoms with Crippen LogP contribution in [0.15, 0.2) is 52.3 Å². The maximum Gasteiger partial charge on any atom is 0.243 e. The van der Waals surface area contributed by atoms with Crippen molar-refractivity contribution >= 4 is 39.1 Å². The van der Waals surface area contributed by atoms with E-state index in [0.717, 1.165) is 10.6 Å². The van der Waals surface area contributed by atoms with Crippen LogP contribution in [0.3, 0.4) is 0 Å². The van der Waals surface area contributed by atoms with Gasteiger partial charge >= 0.3 is 0 Å². The molecular formula is C23H27N3O5S2. The number of carbonyl (C=O) groups is 1. The Morgan fingerprint density at radius 3 is 2.39 bits per heavy atom. The summed E-state index contributed by atoms with van der Waals surface area (Å²) in [4.78, 5) is 16.7. The molecule has 3 heterocycles. The van der Waals surface area contributed by atoms with Gasteiger partial charge in [-0.3, -0.25) is 4.79 Å². The molecule has 33 heavy (non-hydrogen) atoms. The van der Waals surface area contributed by atoms with Crippen LogP contribution >= 0.6 is 11.8 Å². The SMILES string of the molecule is O=C(Nc1cc(S(=O)(=O)N2CCOCC2)ccc1N1CCOCC1)[C@H]1Cc2ccccc2S1. The van der Waals surface area contributed by atoms with E-state index in [1.807, 2.05) is 24.3 Å². The Labute approximate surface area is 198 Å². The molecule has 0 aromatic heterocycles. The van der Waals surface area contributed by atoms with Crippen LogP contribution in [0.5, 0.6) is 0 Å². The fraction of sp³-hybridized carbons (Fsp3) is 0.435. The molecule has 10 heteroatoms. The molecule has 1 N–H and O–H groups in total. The first kappa shape index (κ1) is 22.7. The van der Waals surface area contributed by atoms with Gasteiger partial charge in [0.25, 0.3) is 0 Å². The van der Waals surface area contributed by atoms with Crippen molar-refractivity contribution in [3.05, 3.63) is 48.0 Å². The number of thioether (sulfide) groups is 1. The van der Waals surface area contributed by atoms with Gasteiger partial charge < -0.3 is 19.7 Å². The summed E-state index contributed by atoms with van der Waals surface area (Å²) >= 11 is 1.55. The Morgan fingerprint density at radius 2 is 1.67 bits per heavy atom. The number of morpholine rings is 2. The number of benzene rings is 2. The molecule has 3 aliphatic heterocycles. The summed E-state index contributed by atoms with van der Waals surface area (Å²) < 4.78 is 38.7. The summed E-state index contributed by atoms with van der Waals surface area (Å²) in [5.74, 6) is -0.119. The Balaban J connectivity index is 1.43. The monoisotopic (exact) mass is 489 g/mol. The number of rotatable bonds is 5. The lowest BCUT2D eigenvalue weighted by Gasteiger charge is -2.31. The van der Waals surface area contributed by atoms with Crippen LogP contribution in [0.25, 0.3) is 0 Å². The normalized spacial score (nSPS) is 21.6. The van der Waals surface area contributed by atoms with Gasteiger partial charge in [0.05, 0.1) is 47.9 Å². The number of hydrogen-bond acceptors (Lipinski definition) is 7. The van der Waals surface area contributed by atoms with Gasteiger partial charge in [0, 0.05) is 31.1 Å². The largest absolute Gasteiger partial charge is 0.379 e. The number of nitrogens with one attached hydrogen (secondary N) is 1. The molecule has 3 aliphatic rings. The Morgan fingerprint density at radius 1 is 0.970 bits per heavy atom. The van der Waals surface area contributed by atoms with Crippen LogP contribution in [0.2, 0.25) is 0 Å².